The summed E-state index contributed by atoms with van der Waals surface area (Å²) in [5, 5.41) is 17.9. The molecule has 2 aromatic rings. The number of benzene rings is 1. The van der Waals surface area contributed by atoms with Gasteiger partial charge < -0.3 is 4.57 Å². The van der Waals surface area contributed by atoms with Gasteiger partial charge in [0.1, 0.15) is 17.7 Å². The van der Waals surface area contributed by atoms with Crippen molar-refractivity contribution in [1.29, 1.82) is 10.5 Å². The molecule has 0 saturated carbocycles. The summed E-state index contributed by atoms with van der Waals surface area (Å²) in [6.07, 6.45) is 6.58. The minimum atomic E-state index is 0.0430. The quantitative estimate of drug-likeness (QED) is 0.774. The van der Waals surface area contributed by atoms with Crippen LogP contribution >= 0.6 is 11.6 Å². The van der Waals surface area contributed by atoms with Crippen LogP contribution in [0.25, 0.3) is 11.8 Å². The number of nitriles is 2. The van der Waals surface area contributed by atoms with Gasteiger partial charge in [-0.15, -0.1) is 0 Å². The van der Waals surface area contributed by atoms with Gasteiger partial charge in [0.2, 0.25) is 0 Å². The Bertz CT molecular complexity index is 656. The Kier molecular flexibility index (Phi) is 3.43. The summed E-state index contributed by atoms with van der Waals surface area (Å²) in [6.45, 7) is 0. The number of nitrogens with zero attached hydrogens (tertiary/aromatic N) is 4. The number of rotatable bonds is 2. The first-order valence-corrected chi connectivity index (χ1v) is 5.42. The standard InChI is InChI=1S/C13H7ClN4/c14-12-6-10(5-11(7-15)8-16)1-2-13(12)18-4-3-17-9-18/h1-6,9H. The van der Waals surface area contributed by atoms with E-state index in [1.54, 1.807) is 47.6 Å². The van der Waals surface area contributed by atoms with Crippen LogP contribution in [0.2, 0.25) is 5.02 Å². The van der Waals surface area contributed by atoms with E-state index in [-0.39, 0.29) is 5.57 Å². The molecule has 0 aliphatic carbocycles. The Balaban J connectivity index is 2.41. The third-order valence-electron chi connectivity index (χ3n) is 2.31. The number of allylic oxidation sites excluding steroid dienone is 1. The number of hydrogen-bond donors (Lipinski definition) is 0. The van der Waals surface area contributed by atoms with E-state index in [0.717, 1.165) is 5.69 Å². The molecule has 0 aliphatic heterocycles. The first-order chi connectivity index (χ1) is 8.74. The predicted molar refractivity (Wildman–Crippen MR) is 67.8 cm³/mol. The lowest BCUT2D eigenvalue weighted by molar-refractivity contribution is 1.06. The van der Waals surface area contributed by atoms with E-state index >= 15 is 0 Å². The predicted octanol–water partition coefficient (Wildman–Crippen LogP) is 2.96. The summed E-state index contributed by atoms with van der Waals surface area (Å²) in [7, 11) is 0. The summed E-state index contributed by atoms with van der Waals surface area (Å²) < 4.78 is 1.78. The molecule has 18 heavy (non-hydrogen) atoms. The van der Waals surface area contributed by atoms with E-state index in [2.05, 4.69) is 4.98 Å². The van der Waals surface area contributed by atoms with Crippen molar-refractivity contribution in [3.8, 4) is 17.8 Å². The highest BCUT2D eigenvalue weighted by Crippen LogP contribution is 2.22. The lowest BCUT2D eigenvalue weighted by atomic mass is 10.1. The van der Waals surface area contributed by atoms with Crippen LogP contribution in [0.3, 0.4) is 0 Å². The second-order valence-electron chi connectivity index (χ2n) is 3.46. The van der Waals surface area contributed by atoms with Crippen molar-refractivity contribution in [2.45, 2.75) is 0 Å². The lowest BCUT2D eigenvalue weighted by Crippen LogP contribution is -1.91. The molecule has 0 spiro atoms. The van der Waals surface area contributed by atoms with E-state index in [1.807, 2.05) is 6.07 Å². The van der Waals surface area contributed by atoms with Gasteiger partial charge >= 0.3 is 0 Å². The number of aromatic nitrogens is 2. The van der Waals surface area contributed by atoms with Gasteiger partial charge in [-0.3, -0.25) is 0 Å². The van der Waals surface area contributed by atoms with E-state index in [0.29, 0.717) is 10.6 Å². The van der Waals surface area contributed by atoms with Crippen LogP contribution in [-0.2, 0) is 0 Å². The average molecular weight is 255 g/mol. The van der Waals surface area contributed by atoms with Crippen LogP contribution < -0.4 is 0 Å². The Labute approximate surface area is 109 Å². The normalized spacial score (nSPS) is 9.28. The zero-order chi connectivity index (χ0) is 13.0. The van der Waals surface area contributed by atoms with Crippen molar-refractivity contribution < 1.29 is 0 Å². The van der Waals surface area contributed by atoms with E-state index in [9.17, 15) is 0 Å². The molecule has 2 rings (SSSR count). The van der Waals surface area contributed by atoms with E-state index < -0.39 is 0 Å². The van der Waals surface area contributed by atoms with Gasteiger partial charge in [-0.25, -0.2) is 4.98 Å². The van der Waals surface area contributed by atoms with Gasteiger partial charge in [-0.1, -0.05) is 17.7 Å². The minimum absolute atomic E-state index is 0.0430. The summed E-state index contributed by atoms with van der Waals surface area (Å²) >= 11 is 6.15. The molecule has 0 unspecified atom stereocenters. The smallest absolute Gasteiger partial charge is 0.130 e. The van der Waals surface area contributed by atoms with Gasteiger partial charge in [0.25, 0.3) is 0 Å². The molecule has 0 fully saturated rings. The van der Waals surface area contributed by atoms with Gasteiger partial charge in [0.05, 0.1) is 17.0 Å². The summed E-state index contributed by atoms with van der Waals surface area (Å²) in [5.74, 6) is 0. The minimum Gasteiger partial charge on any atom is -0.305 e. The van der Waals surface area contributed by atoms with Crippen molar-refractivity contribution in [3.63, 3.8) is 0 Å². The molecule has 1 aromatic carbocycles. The maximum absolute atomic E-state index is 8.68. The first-order valence-electron chi connectivity index (χ1n) is 5.04. The van der Waals surface area contributed by atoms with Gasteiger partial charge in [-0.2, -0.15) is 10.5 Å². The average Bonchev–Trinajstić information content (AvgIpc) is 2.89. The molecular formula is C13H7ClN4. The number of halogens is 1. The number of hydrogen-bond acceptors (Lipinski definition) is 3. The van der Waals surface area contributed by atoms with Crippen LogP contribution in [0.4, 0.5) is 0 Å². The van der Waals surface area contributed by atoms with Crippen molar-refractivity contribution in [3.05, 3.63) is 53.1 Å². The molecule has 0 amide bonds. The highest BCUT2D eigenvalue weighted by atomic mass is 35.5. The van der Waals surface area contributed by atoms with E-state index in [1.165, 1.54) is 6.08 Å². The summed E-state index contributed by atoms with van der Waals surface area (Å²) in [5.41, 5.74) is 1.55. The Morgan fingerprint density at radius 3 is 2.67 bits per heavy atom. The molecule has 1 aromatic heterocycles. The highest BCUT2D eigenvalue weighted by molar-refractivity contribution is 6.32. The van der Waals surface area contributed by atoms with Crippen molar-refractivity contribution in [2.75, 3.05) is 0 Å². The molecule has 86 valence electrons. The highest BCUT2D eigenvalue weighted by Gasteiger charge is 2.03. The Morgan fingerprint density at radius 2 is 2.11 bits per heavy atom. The monoisotopic (exact) mass is 254 g/mol. The molecule has 1 heterocycles. The molecule has 0 atom stereocenters. The third-order valence-corrected chi connectivity index (χ3v) is 2.61. The van der Waals surface area contributed by atoms with Gasteiger partial charge in [0.15, 0.2) is 0 Å². The molecule has 0 bridgehead atoms. The fraction of sp³-hybridized carbons (Fsp3) is 0. The maximum Gasteiger partial charge on any atom is 0.130 e. The second kappa shape index (κ2) is 5.18. The summed E-state index contributed by atoms with van der Waals surface area (Å²) in [4.78, 5) is 3.94. The molecule has 5 heteroatoms. The second-order valence-corrected chi connectivity index (χ2v) is 3.87. The molecule has 0 radical (unpaired) electrons. The molecular weight excluding hydrogens is 248 g/mol. The van der Waals surface area contributed by atoms with Gasteiger partial charge in [0, 0.05) is 12.4 Å². The van der Waals surface area contributed by atoms with Crippen LogP contribution in [-0.4, -0.2) is 9.55 Å². The van der Waals surface area contributed by atoms with Crippen LogP contribution in [0.1, 0.15) is 5.56 Å². The summed E-state index contributed by atoms with van der Waals surface area (Å²) in [6, 6.07) is 8.90. The van der Waals surface area contributed by atoms with Crippen LogP contribution in [0.5, 0.6) is 0 Å². The van der Waals surface area contributed by atoms with Crippen molar-refractivity contribution >= 4 is 17.7 Å². The lowest BCUT2D eigenvalue weighted by Gasteiger charge is -2.05. The number of imidazole rings is 1. The van der Waals surface area contributed by atoms with Crippen LogP contribution in [0, 0.1) is 22.7 Å². The molecule has 0 N–H and O–H groups in total. The first kappa shape index (κ1) is 11.9. The fourth-order valence-corrected chi connectivity index (χ4v) is 1.77. The maximum atomic E-state index is 8.68. The zero-order valence-corrected chi connectivity index (χ0v) is 9.96. The van der Waals surface area contributed by atoms with Crippen LogP contribution in [0.15, 0.2) is 42.5 Å². The topological polar surface area (TPSA) is 65.4 Å². The third kappa shape index (κ3) is 2.40. The largest absolute Gasteiger partial charge is 0.305 e. The molecule has 0 saturated heterocycles. The van der Waals surface area contributed by atoms with Gasteiger partial charge in [-0.05, 0) is 23.8 Å². The van der Waals surface area contributed by atoms with Crippen molar-refractivity contribution in [1.82, 2.24) is 9.55 Å². The van der Waals surface area contributed by atoms with Crippen molar-refractivity contribution in [2.24, 2.45) is 0 Å². The van der Waals surface area contributed by atoms with E-state index in [4.69, 9.17) is 22.1 Å². The SMILES string of the molecule is N#CC(C#N)=Cc1ccc(-n2ccnc2)c(Cl)c1. The molecule has 4 nitrogen and oxygen atoms in total. The Morgan fingerprint density at radius 1 is 1.33 bits per heavy atom. The molecule has 0 aliphatic rings. The zero-order valence-electron chi connectivity index (χ0n) is 9.21. The fourth-order valence-electron chi connectivity index (χ4n) is 1.48. The Hall–Kier alpha value is -2.56.